The number of fused-ring (bicyclic) bond motifs is 1. The van der Waals surface area contributed by atoms with Crippen molar-refractivity contribution in [3.63, 3.8) is 0 Å². The van der Waals surface area contributed by atoms with E-state index in [9.17, 15) is 9.59 Å². The third-order valence-corrected chi connectivity index (χ3v) is 3.73. The Morgan fingerprint density at radius 3 is 2.58 bits per heavy atom. The van der Waals surface area contributed by atoms with E-state index in [2.05, 4.69) is 5.32 Å². The van der Waals surface area contributed by atoms with Gasteiger partial charge in [-0.2, -0.15) is 0 Å². The van der Waals surface area contributed by atoms with Crippen LogP contribution >= 0.6 is 0 Å². The molecule has 1 N–H and O–H groups in total. The van der Waals surface area contributed by atoms with Crippen LogP contribution in [-0.2, 0) is 9.53 Å². The minimum Gasteiger partial charge on any atom is -0.493 e. The summed E-state index contributed by atoms with van der Waals surface area (Å²) in [6.07, 6.45) is 0. The lowest BCUT2D eigenvalue weighted by Crippen LogP contribution is -2.21. The lowest BCUT2D eigenvalue weighted by atomic mass is 10.1. The molecule has 3 rings (SSSR count). The van der Waals surface area contributed by atoms with Gasteiger partial charge in [0.25, 0.3) is 5.91 Å². The van der Waals surface area contributed by atoms with Gasteiger partial charge < -0.3 is 24.3 Å². The number of rotatable bonds is 5. The molecule has 2 aromatic carbocycles. The number of anilines is 1. The van der Waals surface area contributed by atoms with Gasteiger partial charge >= 0.3 is 5.97 Å². The number of carbonyl (C=O) groups is 2. The number of carbonyl (C=O) groups excluding carboxylic acids is 2. The standard InChI is InChI=1S/C19H19NO6/c1-12-3-5-14(6-4-12)20-17(21)11-26-19(22)13-9-15(23-2)18-16(10-13)24-7-8-25-18/h3-6,9-10H,7-8,11H2,1-2H3,(H,20,21). The van der Waals surface area contributed by atoms with Crippen LogP contribution in [0.3, 0.4) is 0 Å². The molecule has 0 bridgehead atoms. The summed E-state index contributed by atoms with van der Waals surface area (Å²) < 4.78 is 21.3. The van der Waals surface area contributed by atoms with Gasteiger partial charge in [0, 0.05) is 5.69 Å². The lowest BCUT2D eigenvalue weighted by Gasteiger charge is -2.21. The van der Waals surface area contributed by atoms with Crippen LogP contribution in [0.15, 0.2) is 36.4 Å². The van der Waals surface area contributed by atoms with Crippen LogP contribution in [0, 0.1) is 6.92 Å². The Balaban J connectivity index is 1.62. The van der Waals surface area contributed by atoms with Gasteiger partial charge in [0.15, 0.2) is 18.1 Å². The van der Waals surface area contributed by atoms with Gasteiger partial charge in [0.2, 0.25) is 5.75 Å². The van der Waals surface area contributed by atoms with Crippen LogP contribution in [-0.4, -0.2) is 38.8 Å². The number of amides is 1. The summed E-state index contributed by atoms with van der Waals surface area (Å²) in [5.74, 6) is 0.156. The monoisotopic (exact) mass is 357 g/mol. The molecule has 7 heteroatoms. The zero-order chi connectivity index (χ0) is 18.5. The fraction of sp³-hybridized carbons (Fsp3) is 0.263. The molecule has 0 saturated carbocycles. The van der Waals surface area contributed by atoms with Crippen LogP contribution < -0.4 is 19.5 Å². The number of ether oxygens (including phenoxy) is 4. The zero-order valence-corrected chi connectivity index (χ0v) is 14.5. The van der Waals surface area contributed by atoms with Crippen LogP contribution in [0.5, 0.6) is 17.2 Å². The van der Waals surface area contributed by atoms with Gasteiger partial charge in [-0.3, -0.25) is 4.79 Å². The molecule has 1 aliphatic heterocycles. The van der Waals surface area contributed by atoms with E-state index in [1.165, 1.54) is 19.2 Å². The van der Waals surface area contributed by atoms with Crippen LogP contribution in [0.4, 0.5) is 5.69 Å². The first kappa shape index (κ1) is 17.6. The number of aryl methyl sites for hydroxylation is 1. The second-order valence-corrected chi connectivity index (χ2v) is 5.69. The maximum atomic E-state index is 12.2. The molecule has 1 amide bonds. The highest BCUT2D eigenvalue weighted by molar-refractivity contribution is 5.96. The third-order valence-electron chi connectivity index (χ3n) is 3.73. The minimum absolute atomic E-state index is 0.217. The van der Waals surface area contributed by atoms with Crippen LogP contribution in [0.25, 0.3) is 0 Å². The van der Waals surface area contributed by atoms with Crippen molar-refractivity contribution in [1.29, 1.82) is 0 Å². The maximum Gasteiger partial charge on any atom is 0.338 e. The van der Waals surface area contributed by atoms with Crippen molar-refractivity contribution in [3.8, 4) is 17.2 Å². The van der Waals surface area contributed by atoms with E-state index in [-0.39, 0.29) is 5.56 Å². The summed E-state index contributed by atoms with van der Waals surface area (Å²) in [7, 11) is 1.47. The Kier molecular flexibility index (Phi) is 5.26. The van der Waals surface area contributed by atoms with E-state index in [1.54, 1.807) is 12.1 Å². The Morgan fingerprint density at radius 1 is 1.12 bits per heavy atom. The molecule has 0 aromatic heterocycles. The normalized spacial score (nSPS) is 12.2. The highest BCUT2D eigenvalue weighted by Crippen LogP contribution is 2.40. The molecule has 0 unspecified atom stereocenters. The van der Waals surface area contributed by atoms with Gasteiger partial charge in [-0.05, 0) is 31.2 Å². The number of benzene rings is 2. The van der Waals surface area contributed by atoms with Crippen molar-refractivity contribution in [1.82, 2.24) is 0 Å². The molecular weight excluding hydrogens is 338 g/mol. The van der Waals surface area contributed by atoms with E-state index in [1.807, 2.05) is 19.1 Å². The van der Waals surface area contributed by atoms with Crippen molar-refractivity contribution in [2.75, 3.05) is 32.2 Å². The molecule has 7 nitrogen and oxygen atoms in total. The smallest absolute Gasteiger partial charge is 0.338 e. The maximum absolute atomic E-state index is 12.2. The van der Waals surface area contributed by atoms with E-state index >= 15 is 0 Å². The number of nitrogens with one attached hydrogen (secondary N) is 1. The van der Waals surface area contributed by atoms with Gasteiger partial charge in [-0.1, -0.05) is 17.7 Å². The summed E-state index contributed by atoms with van der Waals surface area (Å²) in [5.41, 5.74) is 1.94. The molecular formula is C19H19NO6. The molecule has 136 valence electrons. The summed E-state index contributed by atoms with van der Waals surface area (Å²) >= 11 is 0. The first-order valence-corrected chi connectivity index (χ1v) is 8.08. The highest BCUT2D eigenvalue weighted by Gasteiger charge is 2.22. The summed E-state index contributed by atoms with van der Waals surface area (Å²) in [5, 5.41) is 2.66. The van der Waals surface area contributed by atoms with Crippen LogP contribution in [0.1, 0.15) is 15.9 Å². The molecule has 1 heterocycles. The van der Waals surface area contributed by atoms with Crippen molar-refractivity contribution >= 4 is 17.6 Å². The molecule has 0 radical (unpaired) electrons. The molecule has 1 aliphatic rings. The first-order valence-electron chi connectivity index (χ1n) is 8.08. The predicted octanol–water partition coefficient (Wildman–Crippen LogP) is 2.57. The quantitative estimate of drug-likeness (QED) is 0.828. The number of hydrogen-bond acceptors (Lipinski definition) is 6. The largest absolute Gasteiger partial charge is 0.493 e. The summed E-state index contributed by atoms with van der Waals surface area (Å²) in [6.45, 7) is 2.35. The second kappa shape index (κ2) is 7.77. The third kappa shape index (κ3) is 4.05. The zero-order valence-electron chi connectivity index (χ0n) is 14.5. The number of hydrogen-bond donors (Lipinski definition) is 1. The molecule has 26 heavy (non-hydrogen) atoms. The first-order chi connectivity index (χ1) is 12.6. The average molecular weight is 357 g/mol. The van der Waals surface area contributed by atoms with E-state index < -0.39 is 18.5 Å². The lowest BCUT2D eigenvalue weighted by molar-refractivity contribution is -0.119. The van der Waals surface area contributed by atoms with Crippen molar-refractivity contribution < 1.29 is 28.5 Å². The van der Waals surface area contributed by atoms with Gasteiger partial charge in [-0.15, -0.1) is 0 Å². The Bertz CT molecular complexity index is 798. The second-order valence-electron chi connectivity index (χ2n) is 5.69. The summed E-state index contributed by atoms with van der Waals surface area (Å²) in [4.78, 5) is 24.2. The van der Waals surface area contributed by atoms with Crippen molar-refractivity contribution in [2.24, 2.45) is 0 Å². The number of esters is 1. The van der Waals surface area contributed by atoms with E-state index in [0.717, 1.165) is 5.56 Å². The number of methoxy groups -OCH3 is 1. The Morgan fingerprint density at radius 2 is 1.85 bits per heavy atom. The SMILES string of the molecule is COc1cc(C(=O)OCC(=O)Nc2ccc(C)cc2)cc2c1OCCO2. The van der Waals surface area contributed by atoms with Crippen LogP contribution in [0.2, 0.25) is 0 Å². The molecule has 0 saturated heterocycles. The predicted molar refractivity (Wildman–Crippen MR) is 94.1 cm³/mol. The average Bonchev–Trinajstić information content (AvgIpc) is 2.67. The van der Waals surface area contributed by atoms with Gasteiger partial charge in [-0.25, -0.2) is 4.79 Å². The molecule has 2 aromatic rings. The minimum atomic E-state index is -0.653. The molecule has 0 aliphatic carbocycles. The van der Waals surface area contributed by atoms with Crippen molar-refractivity contribution in [3.05, 3.63) is 47.5 Å². The molecule has 0 atom stereocenters. The fourth-order valence-electron chi connectivity index (χ4n) is 2.44. The Hall–Kier alpha value is -3.22. The van der Waals surface area contributed by atoms with Gasteiger partial charge in [0.1, 0.15) is 13.2 Å². The Labute approximate surface area is 150 Å². The fourth-order valence-corrected chi connectivity index (χ4v) is 2.44. The highest BCUT2D eigenvalue weighted by atomic mass is 16.6. The topological polar surface area (TPSA) is 83.1 Å². The van der Waals surface area contributed by atoms with E-state index in [0.29, 0.717) is 36.1 Å². The van der Waals surface area contributed by atoms with Gasteiger partial charge in [0.05, 0.1) is 12.7 Å². The summed E-state index contributed by atoms with van der Waals surface area (Å²) in [6, 6.07) is 10.3. The molecule has 0 spiro atoms. The van der Waals surface area contributed by atoms with E-state index in [4.69, 9.17) is 18.9 Å². The molecule has 0 fully saturated rings. The van der Waals surface area contributed by atoms with Crippen molar-refractivity contribution in [2.45, 2.75) is 6.92 Å².